The third-order valence-electron chi connectivity index (χ3n) is 1.31. The van der Waals surface area contributed by atoms with Gasteiger partial charge in [-0.1, -0.05) is 12.1 Å². The van der Waals surface area contributed by atoms with E-state index in [2.05, 4.69) is 4.74 Å². The summed E-state index contributed by atoms with van der Waals surface area (Å²) in [6.07, 6.45) is 0. The van der Waals surface area contributed by atoms with Crippen LogP contribution in [0.4, 0.5) is 0 Å². The van der Waals surface area contributed by atoms with Crippen LogP contribution < -0.4 is 29.6 Å². The largest absolute Gasteiger partial charge is 1.00 e. The van der Waals surface area contributed by atoms with Crippen LogP contribution in [-0.4, -0.2) is 18.2 Å². The second-order valence-electron chi connectivity index (χ2n) is 2.01. The minimum absolute atomic E-state index is 0. The van der Waals surface area contributed by atoms with E-state index < -0.39 is 5.97 Å². The van der Waals surface area contributed by atoms with E-state index in [9.17, 15) is 4.79 Å². The average molecular weight is 190 g/mol. The average Bonchev–Trinajstić information content (AvgIpc) is 2.04. The van der Waals surface area contributed by atoms with Crippen LogP contribution in [0.3, 0.4) is 0 Å². The zero-order chi connectivity index (χ0) is 8.27. The van der Waals surface area contributed by atoms with Gasteiger partial charge >= 0.3 is 35.5 Å². The van der Waals surface area contributed by atoms with Gasteiger partial charge in [0.25, 0.3) is 0 Å². The Kier molecular flexibility index (Phi) is 8.01. The van der Waals surface area contributed by atoms with Gasteiger partial charge in [0.15, 0.2) is 0 Å². The fraction of sp³-hybridized carbons (Fsp3) is 0.111. The fourth-order valence-electron chi connectivity index (χ4n) is 0.756. The molecule has 0 heterocycles. The van der Waals surface area contributed by atoms with Crippen molar-refractivity contribution in [1.29, 1.82) is 0 Å². The Hall–Kier alpha value is -0.510. The number of hydrogen-bond acceptors (Lipinski definition) is 3. The van der Waals surface area contributed by atoms with Crippen LogP contribution in [0.2, 0.25) is 0 Å². The van der Waals surface area contributed by atoms with E-state index in [1.165, 1.54) is 19.2 Å². The molecule has 3 nitrogen and oxygen atoms in total. The second kappa shape index (κ2) is 6.95. The van der Waals surface area contributed by atoms with Gasteiger partial charge in [-0.3, -0.25) is 0 Å². The van der Waals surface area contributed by atoms with Gasteiger partial charge in [-0.2, -0.15) is 0 Å². The number of ether oxygens (including phenoxy) is 1. The second-order valence-corrected chi connectivity index (χ2v) is 2.01. The van der Waals surface area contributed by atoms with Gasteiger partial charge in [0, 0.05) is 0 Å². The van der Waals surface area contributed by atoms with Gasteiger partial charge < -0.3 is 17.3 Å². The number of esters is 1. The van der Waals surface area contributed by atoms with Crippen LogP contribution in [0.5, 0.6) is 5.75 Å². The number of carbonyl (C=O) groups is 1. The molecule has 0 aliphatic carbocycles. The summed E-state index contributed by atoms with van der Waals surface area (Å²) in [4.78, 5) is 10.9. The molecule has 0 aromatic heterocycles. The molecule has 0 aliphatic rings. The van der Waals surface area contributed by atoms with Crippen LogP contribution in [0, 0.1) is 7.43 Å². The molecule has 66 valence electrons. The topological polar surface area (TPSA) is 46.5 Å². The van der Waals surface area contributed by atoms with Crippen molar-refractivity contribution in [3.8, 4) is 5.75 Å². The quantitative estimate of drug-likeness (QED) is 0.338. The zero-order valence-corrected chi connectivity index (χ0v) is 10.1. The van der Waals surface area contributed by atoms with Gasteiger partial charge in [0.2, 0.25) is 0 Å². The van der Waals surface area contributed by atoms with Gasteiger partial charge in [-0.05, 0) is 12.1 Å². The maximum absolute atomic E-state index is 10.9. The van der Waals surface area contributed by atoms with Crippen molar-refractivity contribution in [2.24, 2.45) is 0 Å². The maximum Gasteiger partial charge on any atom is 1.00 e. The first-order valence-corrected chi connectivity index (χ1v) is 3.12. The molecule has 1 rings (SSSR count). The van der Waals surface area contributed by atoms with E-state index in [0.29, 0.717) is 0 Å². The first-order valence-electron chi connectivity index (χ1n) is 3.12. The van der Waals surface area contributed by atoms with E-state index in [1.807, 2.05) is 0 Å². The summed E-state index contributed by atoms with van der Waals surface area (Å²) in [5.74, 6) is -0.581. The number of phenolic OH excluding ortho intramolecular Hbond substituents is 1. The van der Waals surface area contributed by atoms with Gasteiger partial charge in [0.05, 0.1) is 7.11 Å². The SMILES string of the molecule is COC(=O)c1ccccc1O.[CH3-].[Na+]. The third kappa shape index (κ3) is 3.81. The Labute approximate surface area is 100 Å². The van der Waals surface area contributed by atoms with Crippen molar-refractivity contribution in [3.63, 3.8) is 0 Å². The predicted molar refractivity (Wildman–Crippen MR) is 45.9 cm³/mol. The Bertz CT molecular complexity index is 273. The summed E-state index contributed by atoms with van der Waals surface area (Å²) in [5.41, 5.74) is 0.190. The molecule has 0 saturated carbocycles. The monoisotopic (exact) mass is 190 g/mol. The summed E-state index contributed by atoms with van der Waals surface area (Å²) in [6, 6.07) is 6.24. The van der Waals surface area contributed by atoms with Crippen LogP contribution in [0.1, 0.15) is 10.4 Å². The van der Waals surface area contributed by atoms with Gasteiger partial charge in [-0.15, -0.1) is 0 Å². The molecule has 0 spiro atoms. The summed E-state index contributed by atoms with van der Waals surface area (Å²) in [7, 11) is 1.27. The molecular weight excluding hydrogens is 179 g/mol. The first-order chi connectivity index (χ1) is 5.25. The molecule has 0 radical (unpaired) electrons. The number of rotatable bonds is 1. The molecule has 4 heteroatoms. The molecule has 0 saturated heterocycles. The van der Waals surface area contributed by atoms with Crippen molar-refractivity contribution in [3.05, 3.63) is 37.3 Å². The minimum Gasteiger partial charge on any atom is -0.507 e. The number of benzene rings is 1. The summed E-state index contributed by atoms with van der Waals surface area (Å²) < 4.78 is 4.42. The molecule has 0 unspecified atom stereocenters. The predicted octanol–water partition coefficient (Wildman–Crippen LogP) is -1.37. The van der Waals surface area contributed by atoms with Crippen LogP contribution in [-0.2, 0) is 4.74 Å². The molecule has 0 bridgehead atoms. The Morgan fingerprint density at radius 1 is 1.38 bits per heavy atom. The Morgan fingerprint density at radius 3 is 2.38 bits per heavy atom. The molecule has 1 aromatic rings. The van der Waals surface area contributed by atoms with Crippen molar-refractivity contribution in [1.82, 2.24) is 0 Å². The van der Waals surface area contributed by atoms with E-state index in [4.69, 9.17) is 5.11 Å². The van der Waals surface area contributed by atoms with E-state index in [0.717, 1.165) is 0 Å². The third-order valence-corrected chi connectivity index (χ3v) is 1.31. The van der Waals surface area contributed by atoms with Gasteiger partial charge in [-0.25, -0.2) is 4.79 Å². The molecular formula is C9H11NaO3. The van der Waals surface area contributed by atoms with E-state index in [-0.39, 0.29) is 48.3 Å². The van der Waals surface area contributed by atoms with Gasteiger partial charge in [0.1, 0.15) is 11.3 Å². The van der Waals surface area contributed by atoms with E-state index >= 15 is 0 Å². The van der Waals surface area contributed by atoms with Crippen molar-refractivity contribution in [2.45, 2.75) is 0 Å². The number of carbonyl (C=O) groups excluding carboxylic acids is 1. The van der Waals surface area contributed by atoms with Crippen molar-refractivity contribution >= 4 is 5.97 Å². The van der Waals surface area contributed by atoms with Crippen LogP contribution in [0.15, 0.2) is 24.3 Å². The standard InChI is InChI=1S/C8H8O3.CH3.Na/c1-11-8(10)6-4-2-3-5-7(6)9;;/h2-5,9H,1H3;1H3;/q;-1;+1. The Morgan fingerprint density at radius 2 is 1.92 bits per heavy atom. The number of methoxy groups -OCH3 is 1. The number of para-hydroxylation sites is 1. The summed E-state index contributed by atoms with van der Waals surface area (Å²) >= 11 is 0. The maximum atomic E-state index is 10.9. The minimum atomic E-state index is -0.525. The van der Waals surface area contributed by atoms with Crippen molar-refractivity contribution in [2.75, 3.05) is 7.11 Å². The normalized spacial score (nSPS) is 7.77. The molecule has 1 N–H and O–H groups in total. The van der Waals surface area contributed by atoms with Crippen molar-refractivity contribution < 1.29 is 44.2 Å². The fourth-order valence-corrected chi connectivity index (χ4v) is 0.756. The van der Waals surface area contributed by atoms with Crippen LogP contribution in [0.25, 0.3) is 0 Å². The molecule has 13 heavy (non-hydrogen) atoms. The molecule has 0 fully saturated rings. The molecule has 0 amide bonds. The number of aromatic hydroxyl groups is 1. The number of phenols is 1. The first kappa shape index (κ1) is 15.0. The Balaban J connectivity index is 0. The molecule has 1 aromatic carbocycles. The molecule has 0 aliphatic heterocycles. The zero-order valence-electron chi connectivity index (χ0n) is 8.07. The summed E-state index contributed by atoms with van der Waals surface area (Å²) in [5, 5.41) is 9.11. The van der Waals surface area contributed by atoms with E-state index in [1.54, 1.807) is 12.1 Å². The smallest absolute Gasteiger partial charge is 0.507 e. The molecule has 0 atom stereocenters. The number of hydrogen-bond donors (Lipinski definition) is 1. The van der Waals surface area contributed by atoms with Crippen LogP contribution >= 0.6 is 0 Å². The summed E-state index contributed by atoms with van der Waals surface area (Å²) in [6.45, 7) is 0.